The average Bonchev–Trinajstić information content (AvgIpc) is 3.41. The maximum Gasteiger partial charge on any atom is 0.124 e. The van der Waals surface area contributed by atoms with E-state index in [4.69, 9.17) is 9.47 Å². The number of hydrogen-bond acceptors (Lipinski definition) is 4. The van der Waals surface area contributed by atoms with Crippen molar-refractivity contribution in [3.63, 3.8) is 0 Å². The van der Waals surface area contributed by atoms with Crippen LogP contribution in [0.1, 0.15) is 22.3 Å². The zero-order valence-electron chi connectivity index (χ0n) is 24.9. The molecular weight excluding hydrogens is 556 g/mol. The van der Waals surface area contributed by atoms with Gasteiger partial charge < -0.3 is 19.7 Å². The van der Waals surface area contributed by atoms with Gasteiger partial charge in [-0.15, -0.1) is 0 Å². The van der Waals surface area contributed by atoms with Crippen LogP contribution in [0.25, 0.3) is 33.4 Å². The number of fused-ring (bicyclic) bond motifs is 3. The van der Waals surface area contributed by atoms with Gasteiger partial charge in [-0.1, -0.05) is 133 Å². The zero-order valence-corrected chi connectivity index (χ0v) is 24.9. The molecule has 0 radical (unpaired) electrons. The van der Waals surface area contributed by atoms with Gasteiger partial charge in [0.15, 0.2) is 0 Å². The first-order chi connectivity index (χ1) is 22.3. The highest BCUT2D eigenvalue weighted by atomic mass is 16.5. The second-order valence-corrected chi connectivity index (χ2v) is 11.1. The summed E-state index contributed by atoms with van der Waals surface area (Å²) in [5, 5.41) is 19.8. The summed E-state index contributed by atoms with van der Waals surface area (Å²) in [7, 11) is 0. The highest BCUT2D eigenvalue weighted by Crippen LogP contribution is 2.60. The van der Waals surface area contributed by atoms with Crippen LogP contribution in [0.3, 0.4) is 0 Å². The van der Waals surface area contributed by atoms with Crippen molar-refractivity contribution in [2.24, 2.45) is 0 Å². The zero-order chi connectivity index (χ0) is 30.6. The summed E-state index contributed by atoms with van der Waals surface area (Å²) in [6, 6.07) is 50.3. The Morgan fingerprint density at radius 2 is 0.800 bits per heavy atom. The molecule has 0 fully saturated rings. The van der Waals surface area contributed by atoms with Crippen LogP contribution in [0.2, 0.25) is 0 Å². The summed E-state index contributed by atoms with van der Waals surface area (Å²) in [4.78, 5) is 0. The number of aliphatic hydroxyl groups excluding tert-OH is 2. The molecule has 222 valence electrons. The molecule has 0 unspecified atom stereocenters. The van der Waals surface area contributed by atoms with Crippen molar-refractivity contribution in [2.45, 2.75) is 5.41 Å². The molecule has 0 saturated heterocycles. The van der Waals surface area contributed by atoms with Crippen LogP contribution in [0.5, 0.6) is 11.5 Å². The third-order valence-electron chi connectivity index (χ3n) is 8.64. The van der Waals surface area contributed by atoms with E-state index in [1.54, 1.807) is 0 Å². The fourth-order valence-electron chi connectivity index (χ4n) is 6.80. The molecule has 4 heteroatoms. The molecule has 6 aromatic carbocycles. The summed E-state index contributed by atoms with van der Waals surface area (Å²) in [5.74, 6) is 1.38. The topological polar surface area (TPSA) is 58.9 Å². The Morgan fingerprint density at radius 3 is 1.22 bits per heavy atom. The Balaban J connectivity index is 1.56. The maximum absolute atomic E-state index is 9.88. The second kappa shape index (κ2) is 12.4. The molecule has 0 aromatic heterocycles. The van der Waals surface area contributed by atoms with Crippen LogP contribution in [-0.2, 0) is 5.41 Å². The molecule has 0 saturated carbocycles. The highest BCUT2D eigenvalue weighted by Gasteiger charge is 2.49. The normalized spacial score (nSPS) is 12.8. The summed E-state index contributed by atoms with van der Waals surface area (Å²) >= 11 is 0. The molecule has 0 atom stereocenters. The number of benzene rings is 6. The van der Waals surface area contributed by atoms with Gasteiger partial charge in [-0.2, -0.15) is 0 Å². The summed E-state index contributed by atoms with van der Waals surface area (Å²) in [6.07, 6.45) is 0. The van der Waals surface area contributed by atoms with E-state index in [0.29, 0.717) is 11.5 Å². The van der Waals surface area contributed by atoms with Gasteiger partial charge >= 0.3 is 0 Å². The molecule has 7 rings (SSSR count). The molecule has 1 aliphatic carbocycles. The maximum atomic E-state index is 9.88. The number of rotatable bonds is 10. The minimum atomic E-state index is -0.812. The standard InChI is InChI=1S/C41H34O4/c42-23-25-44-39-27-31(29-11-3-1-4-12-29)19-21-37(39)41(35-17-9-7-15-33(35)34-16-8-10-18-36(34)41)38-22-20-32(28-40(38)45-26-24-43)30-13-5-2-6-14-30/h1-22,27-28,42-43H,23-26H2. The molecule has 0 spiro atoms. The Kier molecular flexibility index (Phi) is 7.91. The van der Waals surface area contributed by atoms with Crippen molar-refractivity contribution in [1.29, 1.82) is 0 Å². The molecule has 4 nitrogen and oxygen atoms in total. The first-order valence-corrected chi connectivity index (χ1v) is 15.3. The Bertz CT molecular complexity index is 1790. The van der Waals surface area contributed by atoms with Crippen LogP contribution in [0.15, 0.2) is 146 Å². The second-order valence-electron chi connectivity index (χ2n) is 11.1. The summed E-state index contributed by atoms with van der Waals surface area (Å²) in [6.45, 7) is 0.106. The van der Waals surface area contributed by atoms with Gasteiger partial charge in [-0.05, 0) is 56.6 Å². The van der Waals surface area contributed by atoms with Gasteiger partial charge in [-0.25, -0.2) is 0 Å². The van der Waals surface area contributed by atoms with E-state index in [0.717, 1.165) is 55.6 Å². The van der Waals surface area contributed by atoms with Gasteiger partial charge in [-0.3, -0.25) is 0 Å². The molecule has 0 heterocycles. The molecule has 6 aromatic rings. The van der Waals surface area contributed by atoms with E-state index >= 15 is 0 Å². The van der Waals surface area contributed by atoms with E-state index in [1.165, 1.54) is 0 Å². The molecular formula is C41H34O4. The van der Waals surface area contributed by atoms with E-state index in [9.17, 15) is 10.2 Å². The van der Waals surface area contributed by atoms with Crippen LogP contribution in [0, 0.1) is 0 Å². The van der Waals surface area contributed by atoms with Crippen LogP contribution in [0.4, 0.5) is 0 Å². The van der Waals surface area contributed by atoms with Gasteiger partial charge in [0.05, 0.1) is 18.6 Å². The van der Waals surface area contributed by atoms with E-state index in [1.807, 2.05) is 36.4 Å². The minimum absolute atomic E-state index is 0.105. The van der Waals surface area contributed by atoms with Crippen molar-refractivity contribution in [3.05, 3.63) is 168 Å². The predicted octanol–water partition coefficient (Wildman–Crippen LogP) is 8.13. The lowest BCUT2D eigenvalue weighted by Crippen LogP contribution is -2.30. The third kappa shape index (κ3) is 4.98. The van der Waals surface area contributed by atoms with Crippen LogP contribution in [-0.4, -0.2) is 36.6 Å². The summed E-state index contributed by atoms with van der Waals surface area (Å²) in [5.41, 5.74) is 9.84. The number of hydrogen-bond donors (Lipinski definition) is 2. The largest absolute Gasteiger partial charge is 0.491 e. The quantitative estimate of drug-likeness (QED) is 0.169. The Hall–Kier alpha value is -5.16. The molecule has 0 aliphatic heterocycles. The van der Waals surface area contributed by atoms with Gasteiger partial charge in [0.2, 0.25) is 0 Å². The average molecular weight is 591 g/mol. The monoisotopic (exact) mass is 590 g/mol. The smallest absolute Gasteiger partial charge is 0.124 e. The molecule has 0 bridgehead atoms. The van der Waals surface area contributed by atoms with E-state index in [-0.39, 0.29) is 26.4 Å². The van der Waals surface area contributed by atoms with Crippen molar-refractivity contribution in [1.82, 2.24) is 0 Å². The molecule has 1 aliphatic rings. The molecule has 45 heavy (non-hydrogen) atoms. The number of aliphatic hydroxyl groups is 2. The highest BCUT2D eigenvalue weighted by molar-refractivity contribution is 5.88. The van der Waals surface area contributed by atoms with Crippen LogP contribution >= 0.6 is 0 Å². The van der Waals surface area contributed by atoms with Crippen molar-refractivity contribution < 1.29 is 19.7 Å². The predicted molar refractivity (Wildman–Crippen MR) is 180 cm³/mol. The third-order valence-corrected chi connectivity index (χ3v) is 8.64. The Morgan fingerprint density at radius 1 is 0.400 bits per heavy atom. The first-order valence-electron chi connectivity index (χ1n) is 15.3. The Labute approximate surface area is 263 Å². The molecule has 2 N–H and O–H groups in total. The van der Waals surface area contributed by atoms with Gasteiger partial charge in [0, 0.05) is 11.1 Å². The van der Waals surface area contributed by atoms with Crippen molar-refractivity contribution in [2.75, 3.05) is 26.4 Å². The van der Waals surface area contributed by atoms with Crippen molar-refractivity contribution in [3.8, 4) is 44.9 Å². The first kappa shape index (κ1) is 28.6. The van der Waals surface area contributed by atoms with E-state index < -0.39 is 5.41 Å². The summed E-state index contributed by atoms with van der Waals surface area (Å²) < 4.78 is 12.8. The fraction of sp³-hybridized carbons (Fsp3) is 0.122. The van der Waals surface area contributed by atoms with Gasteiger partial charge in [0.25, 0.3) is 0 Å². The fourth-order valence-corrected chi connectivity index (χ4v) is 6.80. The van der Waals surface area contributed by atoms with Crippen molar-refractivity contribution >= 4 is 0 Å². The SMILES string of the molecule is OCCOc1cc(-c2ccccc2)ccc1C1(c2ccc(-c3ccccc3)cc2OCCO)c2ccccc2-c2ccccc21. The lowest BCUT2D eigenvalue weighted by molar-refractivity contribution is 0.197. The molecule has 0 amide bonds. The minimum Gasteiger partial charge on any atom is -0.491 e. The lowest BCUT2D eigenvalue weighted by Gasteiger charge is -2.36. The van der Waals surface area contributed by atoms with Gasteiger partial charge in [0.1, 0.15) is 24.7 Å². The number of ether oxygens (including phenoxy) is 2. The lowest BCUT2D eigenvalue weighted by atomic mass is 9.66. The van der Waals surface area contributed by atoms with E-state index in [2.05, 4.69) is 109 Å². The van der Waals surface area contributed by atoms with Crippen LogP contribution < -0.4 is 9.47 Å².